The first-order valence-electron chi connectivity index (χ1n) is 10.2. The molecule has 0 spiro atoms. The Kier molecular flexibility index (Phi) is 5.20. The standard InChI is InChI=1S/C22H28N4O2/c1-15(2)25(14-18-12-20(24-23-18)16-6-4-3-5-7-16)22(28)17-8-11-21(27)26(13-17)19-9-10-19/h3-7,12,15,17,19H,8-11,13-14H2,1-2H3,(H,23,24). The average Bonchev–Trinajstić information content (AvgIpc) is 3.44. The summed E-state index contributed by atoms with van der Waals surface area (Å²) >= 11 is 0. The molecule has 148 valence electrons. The minimum absolute atomic E-state index is 0.0861. The molecular formula is C22H28N4O2. The molecule has 4 rings (SSSR count). The van der Waals surface area contributed by atoms with Crippen LogP contribution in [0.25, 0.3) is 11.3 Å². The van der Waals surface area contributed by atoms with E-state index in [0.29, 0.717) is 32.0 Å². The molecule has 1 atom stereocenters. The molecule has 2 heterocycles. The van der Waals surface area contributed by atoms with Crippen molar-refractivity contribution in [1.29, 1.82) is 0 Å². The number of hydrogen-bond acceptors (Lipinski definition) is 3. The zero-order chi connectivity index (χ0) is 19.7. The number of amides is 2. The lowest BCUT2D eigenvalue weighted by Gasteiger charge is -2.36. The van der Waals surface area contributed by atoms with Gasteiger partial charge in [0.15, 0.2) is 0 Å². The van der Waals surface area contributed by atoms with E-state index in [4.69, 9.17) is 0 Å². The van der Waals surface area contributed by atoms with Crippen molar-refractivity contribution < 1.29 is 9.59 Å². The lowest BCUT2D eigenvalue weighted by Crippen LogP contribution is -2.49. The third-order valence-electron chi connectivity index (χ3n) is 5.73. The molecule has 6 nitrogen and oxygen atoms in total. The zero-order valence-corrected chi connectivity index (χ0v) is 16.6. The van der Waals surface area contributed by atoms with Crippen molar-refractivity contribution in [3.05, 3.63) is 42.1 Å². The Bertz CT molecular complexity index is 841. The van der Waals surface area contributed by atoms with Crippen molar-refractivity contribution in [1.82, 2.24) is 20.0 Å². The van der Waals surface area contributed by atoms with E-state index in [0.717, 1.165) is 29.8 Å². The van der Waals surface area contributed by atoms with Crippen LogP contribution in [-0.4, -0.2) is 50.4 Å². The number of aromatic amines is 1. The maximum atomic E-state index is 13.3. The summed E-state index contributed by atoms with van der Waals surface area (Å²) in [5.41, 5.74) is 2.86. The molecule has 0 radical (unpaired) electrons. The minimum Gasteiger partial charge on any atom is -0.339 e. The summed E-state index contributed by atoms with van der Waals surface area (Å²) in [5.74, 6) is 0.255. The Balaban J connectivity index is 1.46. The molecule has 0 bridgehead atoms. The van der Waals surface area contributed by atoms with Gasteiger partial charge in [-0.3, -0.25) is 14.7 Å². The van der Waals surface area contributed by atoms with Crippen molar-refractivity contribution >= 4 is 11.8 Å². The number of hydrogen-bond donors (Lipinski definition) is 1. The number of rotatable bonds is 6. The first-order valence-corrected chi connectivity index (χ1v) is 10.2. The van der Waals surface area contributed by atoms with Crippen molar-refractivity contribution in [3.63, 3.8) is 0 Å². The Labute approximate surface area is 165 Å². The van der Waals surface area contributed by atoms with Crippen LogP contribution in [0.1, 0.15) is 45.2 Å². The maximum absolute atomic E-state index is 13.3. The van der Waals surface area contributed by atoms with E-state index in [1.54, 1.807) is 0 Å². The highest BCUT2D eigenvalue weighted by atomic mass is 16.2. The minimum atomic E-state index is -0.0998. The molecule has 2 aliphatic rings. The Morgan fingerprint density at radius 3 is 2.68 bits per heavy atom. The van der Waals surface area contributed by atoms with Crippen LogP contribution in [0.2, 0.25) is 0 Å². The summed E-state index contributed by atoms with van der Waals surface area (Å²) in [4.78, 5) is 29.3. The normalized spacial score (nSPS) is 19.9. The van der Waals surface area contributed by atoms with Gasteiger partial charge in [-0.2, -0.15) is 5.10 Å². The fourth-order valence-electron chi connectivity index (χ4n) is 3.94. The van der Waals surface area contributed by atoms with E-state index in [2.05, 4.69) is 10.2 Å². The van der Waals surface area contributed by atoms with Gasteiger partial charge >= 0.3 is 0 Å². The molecule has 1 saturated heterocycles. The van der Waals surface area contributed by atoms with Gasteiger partial charge in [-0.05, 0) is 39.2 Å². The largest absolute Gasteiger partial charge is 0.339 e. The average molecular weight is 380 g/mol. The van der Waals surface area contributed by atoms with Gasteiger partial charge in [-0.25, -0.2) is 0 Å². The van der Waals surface area contributed by atoms with Crippen molar-refractivity contribution in [3.8, 4) is 11.3 Å². The second kappa shape index (κ2) is 7.78. The Hall–Kier alpha value is -2.63. The van der Waals surface area contributed by atoms with E-state index >= 15 is 0 Å². The third-order valence-corrected chi connectivity index (χ3v) is 5.73. The number of likely N-dealkylation sites (tertiary alicyclic amines) is 1. The summed E-state index contributed by atoms with van der Waals surface area (Å²) in [6.07, 6.45) is 3.30. The fourth-order valence-corrected chi connectivity index (χ4v) is 3.94. The SMILES string of the molecule is CC(C)N(Cc1cc(-c2ccccc2)n[nH]1)C(=O)C1CCC(=O)N(C2CC2)C1. The molecule has 1 unspecified atom stereocenters. The number of piperidine rings is 1. The van der Waals surface area contributed by atoms with E-state index < -0.39 is 0 Å². The molecule has 6 heteroatoms. The lowest BCUT2D eigenvalue weighted by atomic mass is 9.95. The van der Waals surface area contributed by atoms with E-state index in [9.17, 15) is 9.59 Å². The van der Waals surface area contributed by atoms with Crippen LogP contribution in [0.4, 0.5) is 0 Å². The zero-order valence-electron chi connectivity index (χ0n) is 16.6. The highest BCUT2D eigenvalue weighted by Crippen LogP contribution is 2.32. The predicted molar refractivity (Wildman–Crippen MR) is 107 cm³/mol. The van der Waals surface area contributed by atoms with Gasteiger partial charge in [0.1, 0.15) is 0 Å². The van der Waals surface area contributed by atoms with Gasteiger partial charge in [0.05, 0.1) is 23.9 Å². The van der Waals surface area contributed by atoms with Gasteiger partial charge in [0.2, 0.25) is 11.8 Å². The second-order valence-electron chi connectivity index (χ2n) is 8.22. The van der Waals surface area contributed by atoms with Crippen LogP contribution in [0.15, 0.2) is 36.4 Å². The van der Waals surface area contributed by atoms with Gasteiger partial charge in [-0.15, -0.1) is 0 Å². The van der Waals surface area contributed by atoms with E-state index in [-0.39, 0.29) is 23.8 Å². The molecule has 1 aromatic carbocycles. The predicted octanol–water partition coefficient (Wildman–Crippen LogP) is 3.21. The molecule has 2 fully saturated rings. The Morgan fingerprint density at radius 1 is 1.25 bits per heavy atom. The molecule has 1 saturated carbocycles. The summed E-state index contributed by atoms with van der Waals surface area (Å²) < 4.78 is 0. The molecule has 1 aromatic heterocycles. The highest BCUT2D eigenvalue weighted by Gasteiger charge is 2.40. The molecule has 1 aliphatic heterocycles. The van der Waals surface area contributed by atoms with Crippen LogP contribution < -0.4 is 0 Å². The smallest absolute Gasteiger partial charge is 0.228 e. The molecule has 1 N–H and O–H groups in total. The van der Waals surface area contributed by atoms with Crippen molar-refractivity contribution in [2.45, 2.75) is 58.2 Å². The summed E-state index contributed by atoms with van der Waals surface area (Å²) in [5, 5.41) is 7.49. The van der Waals surface area contributed by atoms with Gasteiger partial charge in [0, 0.05) is 30.6 Å². The molecule has 2 amide bonds. The summed E-state index contributed by atoms with van der Waals surface area (Å²) in [6, 6.07) is 12.5. The van der Waals surface area contributed by atoms with Crippen molar-refractivity contribution in [2.24, 2.45) is 5.92 Å². The van der Waals surface area contributed by atoms with Crippen LogP contribution in [0, 0.1) is 5.92 Å². The van der Waals surface area contributed by atoms with Gasteiger partial charge in [-0.1, -0.05) is 30.3 Å². The van der Waals surface area contributed by atoms with E-state index in [1.807, 2.05) is 60.0 Å². The second-order valence-corrected chi connectivity index (χ2v) is 8.22. The molecule has 28 heavy (non-hydrogen) atoms. The first kappa shape index (κ1) is 18.7. The number of nitrogens with one attached hydrogen (secondary N) is 1. The molecular weight excluding hydrogens is 352 g/mol. The van der Waals surface area contributed by atoms with Crippen LogP contribution >= 0.6 is 0 Å². The number of benzene rings is 1. The molecule has 2 aromatic rings. The van der Waals surface area contributed by atoms with Gasteiger partial charge < -0.3 is 9.80 Å². The number of H-pyrrole nitrogens is 1. The lowest BCUT2D eigenvalue weighted by molar-refractivity contribution is -0.145. The van der Waals surface area contributed by atoms with E-state index in [1.165, 1.54) is 0 Å². The first-order chi connectivity index (χ1) is 13.5. The Morgan fingerprint density at radius 2 is 2.00 bits per heavy atom. The molecule has 1 aliphatic carbocycles. The number of nitrogens with zero attached hydrogens (tertiary/aromatic N) is 3. The maximum Gasteiger partial charge on any atom is 0.228 e. The van der Waals surface area contributed by atoms with Crippen LogP contribution in [0.5, 0.6) is 0 Å². The monoisotopic (exact) mass is 380 g/mol. The topological polar surface area (TPSA) is 69.3 Å². The summed E-state index contributed by atoms with van der Waals surface area (Å²) in [6.45, 7) is 5.16. The highest BCUT2D eigenvalue weighted by molar-refractivity contribution is 5.84. The fraction of sp³-hybridized carbons (Fsp3) is 0.500. The third kappa shape index (κ3) is 3.96. The van der Waals surface area contributed by atoms with Crippen molar-refractivity contribution in [2.75, 3.05) is 6.54 Å². The van der Waals surface area contributed by atoms with Crippen LogP contribution in [0.3, 0.4) is 0 Å². The summed E-state index contributed by atoms with van der Waals surface area (Å²) in [7, 11) is 0. The van der Waals surface area contributed by atoms with Gasteiger partial charge in [0.25, 0.3) is 0 Å². The number of carbonyl (C=O) groups excluding carboxylic acids is 2. The number of aromatic nitrogens is 2. The quantitative estimate of drug-likeness (QED) is 0.837. The number of carbonyl (C=O) groups is 2. The van der Waals surface area contributed by atoms with Crippen LogP contribution in [-0.2, 0) is 16.1 Å².